The molecule has 25 heavy (non-hydrogen) atoms. The monoisotopic (exact) mass is 460 g/mol. The molecule has 0 unspecified atom stereocenters. The van der Waals surface area contributed by atoms with Crippen LogP contribution in [-0.2, 0) is 10.2 Å². The second kappa shape index (κ2) is 11.0. The van der Waals surface area contributed by atoms with Crippen molar-refractivity contribution in [3.63, 3.8) is 0 Å². The molecule has 0 bridgehead atoms. The van der Waals surface area contributed by atoms with Gasteiger partial charge in [-0.1, -0.05) is 38.1 Å². The Bertz CT molecular complexity index is 542. The van der Waals surface area contributed by atoms with Gasteiger partial charge in [0.1, 0.15) is 0 Å². The fourth-order valence-electron chi connectivity index (χ4n) is 3.11. The van der Waals surface area contributed by atoms with Crippen LogP contribution in [0.5, 0.6) is 0 Å². The van der Waals surface area contributed by atoms with Crippen molar-refractivity contribution in [3.8, 4) is 0 Å². The Morgan fingerprint density at radius 1 is 1.20 bits per heavy atom. The number of aryl methyl sites for hydroxylation is 1. The summed E-state index contributed by atoms with van der Waals surface area (Å²) in [5, 5.41) is 6.88. The summed E-state index contributed by atoms with van der Waals surface area (Å²) >= 11 is 0. The standard InChI is InChI=1S/C19H32N4O.HI/c1-16-7-5-6-8-17(16)19(2,3)15-22-18(20-4)21-9-10-23-11-13-24-14-12-23;/h5-8H,9-15H2,1-4H3,(H2,20,21,22);1H. The van der Waals surface area contributed by atoms with Gasteiger partial charge in [0.15, 0.2) is 5.96 Å². The van der Waals surface area contributed by atoms with Gasteiger partial charge in [0.2, 0.25) is 0 Å². The Balaban J connectivity index is 0.00000312. The van der Waals surface area contributed by atoms with Gasteiger partial charge >= 0.3 is 0 Å². The van der Waals surface area contributed by atoms with Gasteiger partial charge in [-0.05, 0) is 18.1 Å². The Morgan fingerprint density at radius 3 is 2.52 bits per heavy atom. The topological polar surface area (TPSA) is 48.9 Å². The average Bonchev–Trinajstić information content (AvgIpc) is 2.59. The Labute approximate surface area is 169 Å². The van der Waals surface area contributed by atoms with E-state index in [0.29, 0.717) is 0 Å². The number of morpholine rings is 1. The first-order valence-corrected chi connectivity index (χ1v) is 8.83. The van der Waals surface area contributed by atoms with E-state index in [9.17, 15) is 0 Å². The molecule has 1 aromatic carbocycles. The number of halogens is 1. The summed E-state index contributed by atoms with van der Waals surface area (Å²) < 4.78 is 5.38. The van der Waals surface area contributed by atoms with Crippen molar-refractivity contribution >= 4 is 29.9 Å². The van der Waals surface area contributed by atoms with Crippen LogP contribution in [0.2, 0.25) is 0 Å². The van der Waals surface area contributed by atoms with Gasteiger partial charge in [0, 0.05) is 45.2 Å². The highest BCUT2D eigenvalue weighted by Gasteiger charge is 2.22. The molecule has 1 aromatic rings. The van der Waals surface area contributed by atoms with Gasteiger partial charge in [-0.3, -0.25) is 9.89 Å². The number of nitrogens with zero attached hydrogens (tertiary/aromatic N) is 2. The van der Waals surface area contributed by atoms with E-state index in [2.05, 4.69) is 65.6 Å². The number of hydrogen-bond donors (Lipinski definition) is 2. The highest BCUT2D eigenvalue weighted by atomic mass is 127. The summed E-state index contributed by atoms with van der Waals surface area (Å²) in [4.78, 5) is 6.76. The van der Waals surface area contributed by atoms with Crippen molar-refractivity contribution < 1.29 is 4.74 Å². The lowest BCUT2D eigenvalue weighted by molar-refractivity contribution is 0.0389. The van der Waals surface area contributed by atoms with E-state index in [-0.39, 0.29) is 29.4 Å². The molecule has 0 aromatic heterocycles. The number of nitrogens with one attached hydrogen (secondary N) is 2. The molecule has 1 heterocycles. The van der Waals surface area contributed by atoms with E-state index in [0.717, 1.165) is 51.9 Å². The molecular weight excluding hydrogens is 427 g/mol. The summed E-state index contributed by atoms with van der Waals surface area (Å²) in [6, 6.07) is 8.59. The second-order valence-electron chi connectivity index (χ2n) is 7.01. The third kappa shape index (κ3) is 7.11. The molecule has 142 valence electrons. The van der Waals surface area contributed by atoms with Crippen LogP contribution in [-0.4, -0.2) is 63.8 Å². The molecule has 0 saturated carbocycles. The SMILES string of the molecule is CN=C(NCCN1CCOCC1)NCC(C)(C)c1ccccc1C.I. The summed E-state index contributed by atoms with van der Waals surface area (Å²) in [6.07, 6.45) is 0. The number of hydrogen-bond acceptors (Lipinski definition) is 3. The van der Waals surface area contributed by atoms with E-state index in [1.807, 2.05) is 7.05 Å². The van der Waals surface area contributed by atoms with Crippen molar-refractivity contribution in [2.45, 2.75) is 26.2 Å². The van der Waals surface area contributed by atoms with Crippen molar-refractivity contribution in [1.29, 1.82) is 0 Å². The molecule has 6 heteroatoms. The minimum atomic E-state index is 0. The second-order valence-corrected chi connectivity index (χ2v) is 7.01. The van der Waals surface area contributed by atoms with E-state index in [1.165, 1.54) is 11.1 Å². The molecule has 0 spiro atoms. The smallest absolute Gasteiger partial charge is 0.191 e. The maximum Gasteiger partial charge on any atom is 0.191 e. The summed E-state index contributed by atoms with van der Waals surface area (Å²) in [5.41, 5.74) is 2.76. The normalized spacial score (nSPS) is 16.2. The van der Waals surface area contributed by atoms with Crippen molar-refractivity contribution in [2.24, 2.45) is 4.99 Å². The van der Waals surface area contributed by atoms with Crippen LogP contribution >= 0.6 is 24.0 Å². The first kappa shape index (κ1) is 22.2. The maximum absolute atomic E-state index is 5.38. The third-order valence-electron chi connectivity index (χ3n) is 4.62. The van der Waals surface area contributed by atoms with Crippen LogP contribution in [0.4, 0.5) is 0 Å². The Hall–Kier alpha value is -0.860. The lowest BCUT2D eigenvalue weighted by Crippen LogP contribution is -2.47. The van der Waals surface area contributed by atoms with Gasteiger partial charge in [0.25, 0.3) is 0 Å². The molecule has 1 saturated heterocycles. The van der Waals surface area contributed by atoms with Crippen molar-refractivity contribution in [3.05, 3.63) is 35.4 Å². The predicted molar refractivity (Wildman–Crippen MR) is 116 cm³/mol. The van der Waals surface area contributed by atoms with E-state index in [1.54, 1.807) is 0 Å². The lowest BCUT2D eigenvalue weighted by Gasteiger charge is -2.29. The highest BCUT2D eigenvalue weighted by molar-refractivity contribution is 14.0. The third-order valence-corrected chi connectivity index (χ3v) is 4.62. The van der Waals surface area contributed by atoms with E-state index in [4.69, 9.17) is 4.74 Å². The van der Waals surface area contributed by atoms with Crippen LogP contribution in [0.25, 0.3) is 0 Å². The van der Waals surface area contributed by atoms with Crippen molar-refractivity contribution in [2.75, 3.05) is 53.0 Å². The fourth-order valence-corrected chi connectivity index (χ4v) is 3.11. The van der Waals surface area contributed by atoms with Crippen LogP contribution in [0.15, 0.2) is 29.3 Å². The zero-order valence-electron chi connectivity index (χ0n) is 16.0. The van der Waals surface area contributed by atoms with Gasteiger partial charge in [-0.2, -0.15) is 0 Å². The van der Waals surface area contributed by atoms with Crippen LogP contribution < -0.4 is 10.6 Å². The van der Waals surface area contributed by atoms with Crippen LogP contribution in [0.1, 0.15) is 25.0 Å². The predicted octanol–water partition coefficient (Wildman–Crippen LogP) is 2.39. The van der Waals surface area contributed by atoms with E-state index < -0.39 is 0 Å². The highest BCUT2D eigenvalue weighted by Crippen LogP contribution is 2.25. The molecular formula is C19H33IN4O. The molecule has 2 N–H and O–H groups in total. The number of benzene rings is 1. The van der Waals surface area contributed by atoms with Gasteiger partial charge in [0.05, 0.1) is 13.2 Å². The van der Waals surface area contributed by atoms with Crippen molar-refractivity contribution in [1.82, 2.24) is 15.5 Å². The van der Waals surface area contributed by atoms with Gasteiger partial charge < -0.3 is 15.4 Å². The van der Waals surface area contributed by atoms with E-state index >= 15 is 0 Å². The first-order chi connectivity index (χ1) is 11.5. The summed E-state index contributed by atoms with van der Waals surface area (Å²) in [6.45, 7) is 13.2. The molecule has 5 nitrogen and oxygen atoms in total. The molecule has 0 aliphatic carbocycles. The van der Waals surface area contributed by atoms with Gasteiger partial charge in [-0.15, -0.1) is 24.0 Å². The maximum atomic E-state index is 5.38. The largest absolute Gasteiger partial charge is 0.379 e. The minimum Gasteiger partial charge on any atom is -0.379 e. The Kier molecular flexibility index (Phi) is 9.74. The number of aliphatic imine (C=N–C) groups is 1. The quantitative estimate of drug-likeness (QED) is 0.389. The summed E-state index contributed by atoms with van der Waals surface area (Å²) in [5.74, 6) is 0.866. The van der Waals surface area contributed by atoms with Crippen LogP contribution in [0.3, 0.4) is 0 Å². The molecule has 0 atom stereocenters. The summed E-state index contributed by atoms with van der Waals surface area (Å²) in [7, 11) is 1.82. The number of guanidine groups is 1. The fraction of sp³-hybridized carbons (Fsp3) is 0.632. The Morgan fingerprint density at radius 2 is 1.88 bits per heavy atom. The molecule has 0 amide bonds. The number of rotatable bonds is 6. The zero-order chi connectivity index (χ0) is 17.4. The molecule has 1 aliphatic rings. The lowest BCUT2D eigenvalue weighted by atomic mass is 9.82. The number of ether oxygens (including phenoxy) is 1. The molecule has 1 fully saturated rings. The molecule has 1 aliphatic heterocycles. The molecule has 0 radical (unpaired) electrons. The minimum absolute atomic E-state index is 0. The first-order valence-electron chi connectivity index (χ1n) is 8.83. The zero-order valence-corrected chi connectivity index (χ0v) is 18.3. The van der Waals surface area contributed by atoms with Gasteiger partial charge in [-0.25, -0.2) is 0 Å². The average molecular weight is 460 g/mol. The molecule has 2 rings (SSSR count). The van der Waals surface area contributed by atoms with Crippen LogP contribution in [0, 0.1) is 6.92 Å².